The first-order valence-corrected chi connectivity index (χ1v) is 9.67. The number of hydrogen-bond acceptors (Lipinski definition) is 4. The minimum Gasteiger partial charge on any atom is -0.300 e. The lowest BCUT2D eigenvalue weighted by Gasteiger charge is -2.02. The Morgan fingerprint density at radius 1 is 1.21 bits per heavy atom. The molecule has 3 rings (SSSR count). The third-order valence-electron chi connectivity index (χ3n) is 3.53. The summed E-state index contributed by atoms with van der Waals surface area (Å²) < 4.78 is 0. The number of nitrogens with one attached hydrogen (secondary N) is 1. The van der Waals surface area contributed by atoms with Gasteiger partial charge < -0.3 is 5.32 Å². The SMILES string of the molecule is CSc1ccc(C=C2SC(=Nc3cccc(Cl)c3C)NC2=O)cc1. The van der Waals surface area contributed by atoms with Crippen molar-refractivity contribution in [3.63, 3.8) is 0 Å². The van der Waals surface area contributed by atoms with Crippen LogP contribution < -0.4 is 5.32 Å². The summed E-state index contributed by atoms with van der Waals surface area (Å²) in [6.07, 6.45) is 3.91. The van der Waals surface area contributed by atoms with Gasteiger partial charge in [0.15, 0.2) is 5.17 Å². The molecule has 24 heavy (non-hydrogen) atoms. The minimum absolute atomic E-state index is 0.132. The van der Waals surface area contributed by atoms with Crippen molar-refractivity contribution < 1.29 is 4.79 Å². The molecule has 0 atom stereocenters. The van der Waals surface area contributed by atoms with Crippen molar-refractivity contribution >= 4 is 58.0 Å². The molecule has 2 aromatic rings. The number of carbonyl (C=O) groups excluding carboxylic acids is 1. The van der Waals surface area contributed by atoms with E-state index in [0.29, 0.717) is 15.1 Å². The molecule has 0 radical (unpaired) electrons. The number of halogens is 1. The van der Waals surface area contributed by atoms with Crippen molar-refractivity contribution in [3.8, 4) is 0 Å². The van der Waals surface area contributed by atoms with E-state index in [9.17, 15) is 4.79 Å². The molecule has 0 aromatic heterocycles. The Labute approximate surface area is 154 Å². The molecule has 0 unspecified atom stereocenters. The smallest absolute Gasteiger partial charge is 0.264 e. The Bertz CT molecular complexity index is 845. The molecule has 1 aliphatic heterocycles. The third-order valence-corrected chi connectivity index (χ3v) is 5.59. The average molecular weight is 375 g/mol. The lowest BCUT2D eigenvalue weighted by Crippen LogP contribution is -2.19. The van der Waals surface area contributed by atoms with Crippen LogP contribution in [0.4, 0.5) is 5.69 Å². The predicted molar refractivity (Wildman–Crippen MR) is 105 cm³/mol. The standard InChI is InChI=1S/C18H15ClN2OS2/c1-11-14(19)4-3-5-15(11)20-18-21-17(22)16(24-18)10-12-6-8-13(23-2)9-7-12/h3-10H,1-2H3,(H,20,21,22). The number of amides is 1. The monoisotopic (exact) mass is 374 g/mol. The lowest BCUT2D eigenvalue weighted by atomic mass is 10.2. The Balaban J connectivity index is 1.83. The number of hydrogen-bond donors (Lipinski definition) is 1. The van der Waals surface area contributed by atoms with Crippen molar-refractivity contribution in [2.75, 3.05) is 6.26 Å². The number of carbonyl (C=O) groups is 1. The summed E-state index contributed by atoms with van der Waals surface area (Å²) in [5, 5.41) is 4.03. The summed E-state index contributed by atoms with van der Waals surface area (Å²) in [4.78, 5) is 18.5. The molecule has 122 valence electrons. The van der Waals surface area contributed by atoms with Crippen LogP contribution in [0.3, 0.4) is 0 Å². The Morgan fingerprint density at radius 2 is 1.96 bits per heavy atom. The fourth-order valence-electron chi connectivity index (χ4n) is 2.16. The van der Waals surface area contributed by atoms with Crippen molar-refractivity contribution in [1.82, 2.24) is 5.32 Å². The fourth-order valence-corrected chi connectivity index (χ4v) is 3.57. The summed E-state index contributed by atoms with van der Waals surface area (Å²) in [5.74, 6) is -0.132. The van der Waals surface area contributed by atoms with Gasteiger partial charge in [0, 0.05) is 9.92 Å². The molecular formula is C18H15ClN2OS2. The largest absolute Gasteiger partial charge is 0.300 e. The third kappa shape index (κ3) is 3.86. The first-order valence-electron chi connectivity index (χ1n) is 7.25. The summed E-state index contributed by atoms with van der Waals surface area (Å²) in [7, 11) is 0. The Morgan fingerprint density at radius 3 is 2.67 bits per heavy atom. The number of aliphatic imine (C=N–C) groups is 1. The second-order valence-electron chi connectivity index (χ2n) is 5.14. The molecule has 1 fully saturated rings. The molecule has 2 aromatic carbocycles. The zero-order valence-corrected chi connectivity index (χ0v) is 15.6. The molecule has 6 heteroatoms. The van der Waals surface area contributed by atoms with Crippen LogP contribution in [0.5, 0.6) is 0 Å². The van der Waals surface area contributed by atoms with E-state index < -0.39 is 0 Å². The van der Waals surface area contributed by atoms with E-state index in [2.05, 4.69) is 10.3 Å². The highest BCUT2D eigenvalue weighted by atomic mass is 35.5. The molecule has 0 saturated carbocycles. The van der Waals surface area contributed by atoms with Crippen LogP contribution >= 0.6 is 35.1 Å². The molecule has 1 amide bonds. The Hall–Kier alpha value is -1.69. The van der Waals surface area contributed by atoms with Gasteiger partial charge in [-0.15, -0.1) is 11.8 Å². The summed E-state index contributed by atoms with van der Waals surface area (Å²) in [5.41, 5.74) is 2.65. The number of rotatable bonds is 3. The Kier molecular flexibility index (Phi) is 5.33. The molecular weight excluding hydrogens is 360 g/mol. The molecule has 0 bridgehead atoms. The number of amidine groups is 1. The predicted octanol–water partition coefficient (Wildman–Crippen LogP) is 5.26. The summed E-state index contributed by atoms with van der Waals surface area (Å²) in [6.45, 7) is 1.91. The van der Waals surface area contributed by atoms with Gasteiger partial charge in [0.05, 0.1) is 10.6 Å². The van der Waals surface area contributed by atoms with Gasteiger partial charge in [0.2, 0.25) is 0 Å². The van der Waals surface area contributed by atoms with Gasteiger partial charge in [-0.2, -0.15) is 0 Å². The van der Waals surface area contributed by atoms with Crippen molar-refractivity contribution in [2.45, 2.75) is 11.8 Å². The van der Waals surface area contributed by atoms with E-state index in [-0.39, 0.29) is 5.91 Å². The second kappa shape index (κ2) is 7.47. The first kappa shape index (κ1) is 17.1. The van der Waals surface area contributed by atoms with E-state index in [0.717, 1.165) is 16.8 Å². The maximum absolute atomic E-state index is 12.1. The van der Waals surface area contributed by atoms with Crippen LogP contribution in [-0.4, -0.2) is 17.3 Å². The van der Waals surface area contributed by atoms with Gasteiger partial charge in [0.25, 0.3) is 5.91 Å². The quantitative estimate of drug-likeness (QED) is 0.588. The zero-order chi connectivity index (χ0) is 17.1. The first-order chi connectivity index (χ1) is 11.6. The van der Waals surface area contributed by atoms with E-state index in [1.165, 1.54) is 16.7 Å². The summed E-state index contributed by atoms with van der Waals surface area (Å²) >= 11 is 9.14. The molecule has 1 N–H and O–H groups in total. The van der Waals surface area contributed by atoms with E-state index in [4.69, 9.17) is 11.6 Å². The van der Waals surface area contributed by atoms with Crippen LogP contribution in [-0.2, 0) is 4.79 Å². The highest BCUT2D eigenvalue weighted by molar-refractivity contribution is 8.18. The normalized spacial score (nSPS) is 17.5. The molecule has 1 aliphatic rings. The van der Waals surface area contributed by atoms with Gasteiger partial charge >= 0.3 is 0 Å². The van der Waals surface area contributed by atoms with Gasteiger partial charge in [-0.1, -0.05) is 29.8 Å². The van der Waals surface area contributed by atoms with Crippen LogP contribution in [0.15, 0.2) is 57.3 Å². The van der Waals surface area contributed by atoms with Gasteiger partial charge in [-0.25, -0.2) is 4.99 Å². The van der Waals surface area contributed by atoms with E-state index in [1.54, 1.807) is 11.8 Å². The van der Waals surface area contributed by atoms with Gasteiger partial charge in [-0.05, 0) is 66.4 Å². The lowest BCUT2D eigenvalue weighted by molar-refractivity contribution is -0.115. The van der Waals surface area contributed by atoms with Crippen LogP contribution in [0.1, 0.15) is 11.1 Å². The molecule has 0 spiro atoms. The van der Waals surface area contributed by atoms with Crippen molar-refractivity contribution in [2.24, 2.45) is 4.99 Å². The van der Waals surface area contributed by atoms with Gasteiger partial charge in [0.1, 0.15) is 0 Å². The number of benzene rings is 2. The fraction of sp³-hybridized carbons (Fsp3) is 0.111. The van der Waals surface area contributed by atoms with E-state index >= 15 is 0 Å². The molecule has 1 heterocycles. The number of nitrogens with zero attached hydrogens (tertiary/aromatic N) is 1. The molecule has 1 saturated heterocycles. The minimum atomic E-state index is -0.132. The van der Waals surface area contributed by atoms with E-state index in [1.807, 2.05) is 61.7 Å². The average Bonchev–Trinajstić information content (AvgIpc) is 2.92. The maximum Gasteiger partial charge on any atom is 0.264 e. The zero-order valence-electron chi connectivity index (χ0n) is 13.2. The maximum atomic E-state index is 12.1. The van der Waals surface area contributed by atoms with Crippen LogP contribution in [0, 0.1) is 6.92 Å². The topological polar surface area (TPSA) is 41.5 Å². The van der Waals surface area contributed by atoms with Crippen LogP contribution in [0.2, 0.25) is 5.02 Å². The number of thioether (sulfide) groups is 2. The van der Waals surface area contributed by atoms with Gasteiger partial charge in [-0.3, -0.25) is 4.79 Å². The van der Waals surface area contributed by atoms with Crippen molar-refractivity contribution in [3.05, 3.63) is 63.5 Å². The molecule has 3 nitrogen and oxygen atoms in total. The van der Waals surface area contributed by atoms with Crippen LogP contribution in [0.25, 0.3) is 6.08 Å². The highest BCUT2D eigenvalue weighted by Crippen LogP contribution is 2.31. The molecule has 0 aliphatic carbocycles. The second-order valence-corrected chi connectivity index (χ2v) is 7.46. The summed E-state index contributed by atoms with van der Waals surface area (Å²) in [6, 6.07) is 13.6. The highest BCUT2D eigenvalue weighted by Gasteiger charge is 2.24. The van der Waals surface area contributed by atoms with Crippen molar-refractivity contribution in [1.29, 1.82) is 0 Å².